The highest BCUT2D eigenvalue weighted by Gasteiger charge is 2.62. The van der Waals surface area contributed by atoms with Gasteiger partial charge in [-0.1, -0.05) is 20.8 Å². The number of carbonyl (C=O) groups is 1. The van der Waals surface area contributed by atoms with Crippen LogP contribution in [0.1, 0.15) is 85.0 Å². The molecule has 4 rings (SSSR count). The van der Waals surface area contributed by atoms with Crippen molar-refractivity contribution in [2.75, 3.05) is 13.2 Å². The molecule has 0 aromatic heterocycles. The van der Waals surface area contributed by atoms with E-state index in [0.717, 1.165) is 51.4 Å². The minimum atomic E-state index is -4.48. The summed E-state index contributed by atoms with van der Waals surface area (Å²) in [7, 11) is -4.48. The summed E-state index contributed by atoms with van der Waals surface area (Å²) in [5, 5.41) is 24.3. The van der Waals surface area contributed by atoms with Crippen LogP contribution in [0.25, 0.3) is 0 Å². The Morgan fingerprint density at radius 2 is 1.74 bits per heavy atom. The third-order valence-electron chi connectivity index (χ3n) is 10.9. The van der Waals surface area contributed by atoms with Crippen molar-refractivity contribution in [3.63, 3.8) is 0 Å². The fraction of sp³-hybridized carbons (Fsp3) is 0.962. The highest BCUT2D eigenvalue weighted by atomic mass is 32.3. The summed E-state index contributed by atoms with van der Waals surface area (Å²) in [6, 6.07) is 0. The molecule has 0 saturated heterocycles. The Hall–Kier alpha value is -0.740. The molecule has 202 valence electrons. The molecule has 35 heavy (non-hydrogen) atoms. The molecule has 4 aliphatic carbocycles. The minimum absolute atomic E-state index is 0.0357. The third-order valence-corrected chi connectivity index (χ3v) is 11.4. The lowest BCUT2D eigenvalue weighted by Crippen LogP contribution is -2.58. The first-order valence-corrected chi connectivity index (χ1v) is 15.0. The highest BCUT2D eigenvalue weighted by Crippen LogP contribution is 2.68. The molecule has 10 atom stereocenters. The number of nitrogens with one attached hydrogen (secondary N) is 1. The molecule has 4 fully saturated rings. The molecule has 0 unspecified atom stereocenters. The smallest absolute Gasteiger partial charge is 0.393 e. The van der Waals surface area contributed by atoms with Gasteiger partial charge in [-0.3, -0.25) is 9.35 Å². The van der Waals surface area contributed by atoms with Crippen LogP contribution in [0.3, 0.4) is 0 Å². The largest absolute Gasteiger partial charge is 0.397 e. The van der Waals surface area contributed by atoms with Crippen LogP contribution in [0.4, 0.5) is 0 Å². The van der Waals surface area contributed by atoms with Crippen LogP contribution < -0.4 is 5.32 Å². The monoisotopic (exact) mass is 515 g/mol. The van der Waals surface area contributed by atoms with Gasteiger partial charge in [-0.25, -0.2) is 4.18 Å². The number of carbonyl (C=O) groups excluding carboxylic acids is 1. The highest BCUT2D eigenvalue weighted by molar-refractivity contribution is 7.80. The average molecular weight is 516 g/mol. The first-order valence-electron chi connectivity index (χ1n) is 13.6. The van der Waals surface area contributed by atoms with Crippen molar-refractivity contribution in [2.24, 2.45) is 46.3 Å². The zero-order chi connectivity index (χ0) is 25.6. The number of amides is 1. The summed E-state index contributed by atoms with van der Waals surface area (Å²) in [5.41, 5.74) is 0.407. The topological polar surface area (TPSA) is 133 Å². The van der Waals surface area contributed by atoms with Gasteiger partial charge in [-0.2, -0.15) is 8.42 Å². The SMILES string of the molecule is C[C@@H](CCC(=O)NCCOS(=O)(=O)O)[C@@H]1CC[C@@H]2[C@H]3[C@H](O)C[C@H]4C[C@@H](O)CC[C@]4(C)[C@@H]3CC[C@@]21C. The van der Waals surface area contributed by atoms with E-state index in [9.17, 15) is 23.4 Å². The Labute approximate surface area is 210 Å². The van der Waals surface area contributed by atoms with Crippen LogP contribution in [0.15, 0.2) is 0 Å². The lowest BCUT2D eigenvalue weighted by atomic mass is 9.43. The third kappa shape index (κ3) is 5.44. The van der Waals surface area contributed by atoms with Gasteiger partial charge in [0.25, 0.3) is 0 Å². The number of aliphatic hydroxyl groups is 2. The van der Waals surface area contributed by atoms with Gasteiger partial charge in [-0.15, -0.1) is 0 Å². The Balaban J connectivity index is 1.35. The second-order valence-corrected chi connectivity index (χ2v) is 13.7. The van der Waals surface area contributed by atoms with E-state index in [4.69, 9.17) is 4.55 Å². The van der Waals surface area contributed by atoms with E-state index in [1.807, 2.05) is 0 Å². The maximum atomic E-state index is 12.2. The van der Waals surface area contributed by atoms with E-state index in [0.29, 0.717) is 41.9 Å². The molecule has 8 nitrogen and oxygen atoms in total. The number of hydrogen-bond donors (Lipinski definition) is 4. The molecule has 0 radical (unpaired) electrons. The van der Waals surface area contributed by atoms with Crippen LogP contribution in [-0.2, 0) is 19.4 Å². The van der Waals surface area contributed by atoms with Crippen molar-refractivity contribution in [1.29, 1.82) is 0 Å². The van der Waals surface area contributed by atoms with E-state index in [-0.39, 0.29) is 42.1 Å². The molecule has 9 heteroatoms. The van der Waals surface area contributed by atoms with Crippen molar-refractivity contribution in [1.82, 2.24) is 5.32 Å². The van der Waals surface area contributed by atoms with Gasteiger partial charge in [-0.05, 0) is 104 Å². The maximum Gasteiger partial charge on any atom is 0.397 e. The Morgan fingerprint density at radius 1 is 1.06 bits per heavy atom. The van der Waals surface area contributed by atoms with E-state index < -0.39 is 10.4 Å². The molecule has 0 aliphatic heterocycles. The van der Waals surface area contributed by atoms with Crippen molar-refractivity contribution in [3.05, 3.63) is 0 Å². The van der Waals surface area contributed by atoms with Gasteiger partial charge >= 0.3 is 10.4 Å². The first kappa shape index (κ1) is 27.3. The van der Waals surface area contributed by atoms with E-state index in [1.165, 1.54) is 6.42 Å². The number of hydrogen-bond acceptors (Lipinski definition) is 6. The van der Waals surface area contributed by atoms with Crippen molar-refractivity contribution in [3.8, 4) is 0 Å². The Kier molecular flexibility index (Phi) is 7.95. The van der Waals surface area contributed by atoms with Gasteiger partial charge in [0.1, 0.15) is 0 Å². The zero-order valence-corrected chi connectivity index (χ0v) is 22.3. The van der Waals surface area contributed by atoms with Gasteiger partial charge in [0.2, 0.25) is 5.91 Å². The average Bonchev–Trinajstić information content (AvgIpc) is 3.13. The summed E-state index contributed by atoms with van der Waals surface area (Å²) in [6.45, 7) is 6.86. The van der Waals surface area contributed by atoms with E-state index >= 15 is 0 Å². The lowest BCUT2D eigenvalue weighted by Gasteiger charge is -2.62. The molecule has 1 amide bonds. The molecule has 4 saturated carbocycles. The molecular weight excluding hydrogens is 470 g/mol. The molecule has 0 aromatic carbocycles. The van der Waals surface area contributed by atoms with Crippen LogP contribution in [0, 0.1) is 46.3 Å². The standard InChI is InChI=1S/C26H45NO7S/c1-16(4-7-23(30)27-12-13-34-35(31,32)33)19-5-6-20-24-21(9-11-26(19,20)3)25(2)10-8-18(28)14-17(25)15-22(24)29/h16-22,24,28-29H,4-15H2,1-3H3,(H,27,30)(H,31,32,33)/t16-,17+,18-,19-,20+,21+,22+,24+,25-,26+/m0/s1. The maximum absolute atomic E-state index is 12.2. The first-order chi connectivity index (χ1) is 16.3. The van der Waals surface area contributed by atoms with Crippen LogP contribution in [0.2, 0.25) is 0 Å². The zero-order valence-electron chi connectivity index (χ0n) is 21.5. The van der Waals surface area contributed by atoms with Gasteiger partial charge < -0.3 is 15.5 Å². The van der Waals surface area contributed by atoms with Crippen LogP contribution in [-0.4, -0.2) is 54.5 Å². The predicted molar refractivity (Wildman–Crippen MR) is 132 cm³/mol. The lowest BCUT2D eigenvalue weighted by molar-refractivity contribution is -0.174. The van der Waals surface area contributed by atoms with Gasteiger partial charge in [0.05, 0.1) is 18.8 Å². The van der Waals surface area contributed by atoms with E-state index in [2.05, 4.69) is 30.3 Å². The number of fused-ring (bicyclic) bond motifs is 5. The number of rotatable bonds is 8. The quantitative estimate of drug-likeness (QED) is 0.288. The molecular formula is C26H45NO7S. The van der Waals surface area contributed by atoms with Gasteiger partial charge in [0.15, 0.2) is 0 Å². The number of aliphatic hydroxyl groups excluding tert-OH is 2. The van der Waals surface area contributed by atoms with Crippen molar-refractivity contribution < 1.29 is 32.2 Å². The van der Waals surface area contributed by atoms with Crippen molar-refractivity contribution >= 4 is 16.3 Å². The summed E-state index contributed by atoms with van der Waals surface area (Å²) in [5.74, 6) is 2.58. The van der Waals surface area contributed by atoms with Gasteiger partial charge in [0, 0.05) is 13.0 Å². The molecule has 0 bridgehead atoms. The Morgan fingerprint density at radius 3 is 2.46 bits per heavy atom. The normalized spacial score (nSPS) is 44.1. The van der Waals surface area contributed by atoms with E-state index in [1.54, 1.807) is 0 Å². The molecule has 0 aromatic rings. The fourth-order valence-corrected chi connectivity index (χ4v) is 9.46. The fourth-order valence-electron chi connectivity index (χ4n) is 9.16. The summed E-state index contributed by atoms with van der Waals surface area (Å²) < 4.78 is 34.0. The van der Waals surface area contributed by atoms with Crippen LogP contribution >= 0.6 is 0 Å². The second-order valence-electron chi connectivity index (χ2n) is 12.6. The summed E-state index contributed by atoms with van der Waals surface area (Å²) >= 11 is 0. The summed E-state index contributed by atoms with van der Waals surface area (Å²) in [4.78, 5) is 12.2. The van der Waals surface area contributed by atoms with Crippen LogP contribution in [0.5, 0.6) is 0 Å². The molecule has 4 aliphatic rings. The second kappa shape index (κ2) is 10.2. The molecule has 0 heterocycles. The van der Waals surface area contributed by atoms with Crippen molar-refractivity contribution in [2.45, 2.75) is 97.2 Å². The predicted octanol–water partition coefficient (Wildman–Crippen LogP) is 3.33. The summed E-state index contributed by atoms with van der Waals surface area (Å²) in [6.07, 6.45) is 8.87. The minimum Gasteiger partial charge on any atom is -0.393 e. The molecule has 0 spiro atoms. The Bertz CT molecular complexity index is 881. The molecule has 4 N–H and O–H groups in total.